The van der Waals surface area contributed by atoms with E-state index in [0.29, 0.717) is 17.7 Å². The first-order valence-electron chi connectivity index (χ1n) is 13.7. The van der Waals surface area contributed by atoms with Crippen molar-refractivity contribution >= 4 is 28.5 Å². The van der Waals surface area contributed by atoms with Gasteiger partial charge in [-0.3, -0.25) is 14.6 Å². The first-order valence-corrected chi connectivity index (χ1v) is 13.7. The highest BCUT2D eigenvalue weighted by atomic mass is 16.2. The van der Waals surface area contributed by atoms with Crippen LogP contribution >= 0.6 is 0 Å². The fourth-order valence-electron chi connectivity index (χ4n) is 5.15. The number of anilines is 1. The highest BCUT2D eigenvalue weighted by Gasteiger charge is 2.21. The number of likely N-dealkylation sites (N-methyl/N-ethyl adjacent to an activating group) is 1. The number of piperazine rings is 1. The molecule has 1 aliphatic rings. The molecule has 1 atom stereocenters. The molecule has 2 aromatic carbocycles. The van der Waals surface area contributed by atoms with E-state index in [1.54, 1.807) is 25.6 Å². The third-order valence-electron chi connectivity index (χ3n) is 7.62. The largest absolute Gasteiger partial charge is 0.369 e. The first kappa shape index (κ1) is 27.2. The normalized spacial score (nSPS) is 14.6. The molecule has 9 heteroatoms. The van der Waals surface area contributed by atoms with Crippen molar-refractivity contribution in [2.24, 2.45) is 0 Å². The van der Waals surface area contributed by atoms with Crippen LogP contribution in [0.25, 0.3) is 22.2 Å². The molecule has 9 nitrogen and oxygen atoms in total. The highest BCUT2D eigenvalue weighted by Crippen LogP contribution is 2.29. The van der Waals surface area contributed by atoms with Crippen LogP contribution in [0.1, 0.15) is 45.5 Å². The van der Waals surface area contributed by atoms with Gasteiger partial charge >= 0.3 is 0 Å². The second kappa shape index (κ2) is 12.2. The van der Waals surface area contributed by atoms with Crippen LogP contribution in [0.2, 0.25) is 0 Å². The van der Waals surface area contributed by atoms with Crippen molar-refractivity contribution in [3.63, 3.8) is 0 Å². The van der Waals surface area contributed by atoms with Crippen molar-refractivity contribution in [2.45, 2.75) is 19.3 Å². The van der Waals surface area contributed by atoms with E-state index in [1.165, 1.54) is 0 Å². The van der Waals surface area contributed by atoms with Gasteiger partial charge in [0.1, 0.15) is 12.1 Å². The number of para-hydroxylation sites is 1. The Hall–Kier alpha value is -4.37. The molecule has 2 amide bonds. The van der Waals surface area contributed by atoms with Gasteiger partial charge in [0.15, 0.2) is 0 Å². The number of nitrogens with zero attached hydrogens (tertiary/aromatic N) is 5. The number of pyridine rings is 1. The first-order chi connectivity index (χ1) is 19.5. The Balaban J connectivity index is 1.29. The fourth-order valence-corrected chi connectivity index (χ4v) is 5.15. The molecule has 1 unspecified atom stereocenters. The van der Waals surface area contributed by atoms with Crippen molar-refractivity contribution in [3.05, 3.63) is 83.8 Å². The van der Waals surface area contributed by atoms with Crippen LogP contribution in [0.5, 0.6) is 0 Å². The molecule has 1 aliphatic heterocycles. The Kier molecular flexibility index (Phi) is 8.31. The molecule has 2 N–H and O–H groups in total. The number of aromatic nitrogens is 3. The molecule has 0 saturated carbocycles. The molecule has 4 aromatic rings. The zero-order valence-corrected chi connectivity index (χ0v) is 23.2. The lowest BCUT2D eigenvalue weighted by molar-refractivity contribution is 0.0664. The Morgan fingerprint density at radius 2 is 1.75 bits per heavy atom. The molecule has 2 aromatic heterocycles. The number of rotatable bonds is 8. The molecule has 0 spiro atoms. The van der Waals surface area contributed by atoms with Gasteiger partial charge in [-0.05, 0) is 37.2 Å². The second-order valence-corrected chi connectivity index (χ2v) is 10.1. The predicted octanol–water partition coefficient (Wildman–Crippen LogP) is 4.04. The monoisotopic (exact) mass is 537 g/mol. The van der Waals surface area contributed by atoms with E-state index < -0.39 is 0 Å². The number of benzene rings is 2. The Bertz CT molecular complexity index is 1500. The average molecular weight is 538 g/mol. The van der Waals surface area contributed by atoms with Crippen LogP contribution in [0, 0.1) is 0 Å². The summed E-state index contributed by atoms with van der Waals surface area (Å²) in [6.07, 6.45) is 4.13. The van der Waals surface area contributed by atoms with E-state index in [2.05, 4.69) is 50.5 Å². The summed E-state index contributed by atoms with van der Waals surface area (Å²) in [5, 5.41) is 7.03. The van der Waals surface area contributed by atoms with Crippen LogP contribution in [-0.2, 0) is 0 Å². The maximum atomic E-state index is 12.9. The van der Waals surface area contributed by atoms with Crippen LogP contribution in [0.15, 0.2) is 67.1 Å². The number of amides is 2. The van der Waals surface area contributed by atoms with E-state index >= 15 is 0 Å². The van der Waals surface area contributed by atoms with E-state index in [4.69, 9.17) is 0 Å². The smallest absolute Gasteiger partial charge is 0.253 e. The summed E-state index contributed by atoms with van der Waals surface area (Å²) in [7, 11) is 3.71. The van der Waals surface area contributed by atoms with Crippen LogP contribution < -0.4 is 10.6 Å². The summed E-state index contributed by atoms with van der Waals surface area (Å²) in [4.78, 5) is 43.0. The maximum absolute atomic E-state index is 12.9. The number of hydrogen-bond acceptors (Lipinski definition) is 7. The van der Waals surface area contributed by atoms with Crippen LogP contribution in [0.4, 0.5) is 5.82 Å². The molecular formula is C31H35N7O2. The maximum Gasteiger partial charge on any atom is 0.253 e. The quantitative estimate of drug-likeness (QED) is 0.350. The summed E-state index contributed by atoms with van der Waals surface area (Å²) >= 11 is 0. The van der Waals surface area contributed by atoms with Gasteiger partial charge in [-0.15, -0.1) is 0 Å². The number of carbonyl (C=O) groups excluding carboxylic acids is 2. The third kappa shape index (κ3) is 5.79. The SMILES string of the molecule is CCC(CNc1cc(-c2ccc(C(=O)N3CCN(C)CC3)cc2)ncn1)c1cccc2c(C(=O)NC)ccnc12. The minimum absolute atomic E-state index is 0.0701. The number of nitrogens with one attached hydrogen (secondary N) is 2. The molecule has 0 radical (unpaired) electrons. The number of carbonyl (C=O) groups is 2. The van der Waals surface area contributed by atoms with Gasteiger partial charge < -0.3 is 20.4 Å². The molecule has 40 heavy (non-hydrogen) atoms. The molecule has 1 saturated heterocycles. The van der Waals surface area contributed by atoms with Crippen molar-refractivity contribution in [3.8, 4) is 11.3 Å². The molecule has 206 valence electrons. The van der Waals surface area contributed by atoms with Crippen molar-refractivity contribution in [1.29, 1.82) is 0 Å². The third-order valence-corrected chi connectivity index (χ3v) is 7.62. The molecule has 5 rings (SSSR count). The molecule has 0 bridgehead atoms. The molecule has 3 heterocycles. The lowest BCUT2D eigenvalue weighted by Crippen LogP contribution is -2.47. The molecule has 1 fully saturated rings. The lowest BCUT2D eigenvalue weighted by Gasteiger charge is -2.32. The summed E-state index contributed by atoms with van der Waals surface area (Å²) < 4.78 is 0. The Labute approximate surface area is 234 Å². The van der Waals surface area contributed by atoms with Gasteiger partial charge in [0, 0.05) is 74.5 Å². The van der Waals surface area contributed by atoms with E-state index in [1.807, 2.05) is 47.4 Å². The standard InChI is InChI=1S/C31H35N7O2/c1-4-21(24-6-5-7-25-26(30(39)32-2)12-13-33-29(24)25)19-34-28-18-27(35-20-36-28)22-8-10-23(11-9-22)31(40)38-16-14-37(3)15-17-38/h5-13,18,20-21H,4,14-17,19H2,1-3H3,(H,32,39)(H,34,35,36). The van der Waals surface area contributed by atoms with E-state index in [0.717, 1.165) is 66.1 Å². The minimum atomic E-state index is -0.124. The zero-order valence-electron chi connectivity index (χ0n) is 23.2. The fraction of sp³-hybridized carbons (Fsp3) is 0.323. The van der Waals surface area contributed by atoms with Crippen LogP contribution in [0.3, 0.4) is 0 Å². The number of fused-ring (bicyclic) bond motifs is 1. The number of hydrogen-bond donors (Lipinski definition) is 2. The van der Waals surface area contributed by atoms with E-state index in [-0.39, 0.29) is 17.7 Å². The van der Waals surface area contributed by atoms with Gasteiger partial charge in [-0.25, -0.2) is 9.97 Å². The van der Waals surface area contributed by atoms with Gasteiger partial charge in [-0.2, -0.15) is 0 Å². The predicted molar refractivity (Wildman–Crippen MR) is 158 cm³/mol. The van der Waals surface area contributed by atoms with Gasteiger partial charge in [-0.1, -0.05) is 37.3 Å². The second-order valence-electron chi connectivity index (χ2n) is 10.1. The summed E-state index contributed by atoms with van der Waals surface area (Å²) in [6, 6.07) is 17.3. The highest BCUT2D eigenvalue weighted by molar-refractivity contribution is 6.06. The average Bonchev–Trinajstić information content (AvgIpc) is 3.01. The Morgan fingerprint density at radius 3 is 2.48 bits per heavy atom. The van der Waals surface area contributed by atoms with Gasteiger partial charge in [0.2, 0.25) is 0 Å². The zero-order chi connectivity index (χ0) is 28.1. The van der Waals surface area contributed by atoms with Crippen molar-refractivity contribution in [1.82, 2.24) is 30.1 Å². The molecule has 0 aliphatic carbocycles. The lowest BCUT2D eigenvalue weighted by atomic mass is 9.92. The van der Waals surface area contributed by atoms with E-state index in [9.17, 15) is 9.59 Å². The topological polar surface area (TPSA) is 103 Å². The van der Waals surface area contributed by atoms with Crippen LogP contribution in [-0.4, -0.2) is 83.4 Å². The van der Waals surface area contributed by atoms with Gasteiger partial charge in [0.05, 0.1) is 16.8 Å². The molecular weight excluding hydrogens is 502 g/mol. The Morgan fingerprint density at radius 1 is 0.975 bits per heavy atom. The van der Waals surface area contributed by atoms with Crippen molar-refractivity contribution < 1.29 is 9.59 Å². The summed E-state index contributed by atoms with van der Waals surface area (Å²) in [5.74, 6) is 0.830. The van der Waals surface area contributed by atoms with Crippen molar-refractivity contribution in [2.75, 3.05) is 52.1 Å². The summed E-state index contributed by atoms with van der Waals surface area (Å²) in [5.41, 5.74) is 4.95. The summed E-state index contributed by atoms with van der Waals surface area (Å²) in [6.45, 7) is 6.09. The minimum Gasteiger partial charge on any atom is -0.369 e. The van der Waals surface area contributed by atoms with Gasteiger partial charge in [0.25, 0.3) is 11.8 Å².